The Kier molecular flexibility index (Phi) is 5.19. The lowest BCUT2D eigenvalue weighted by molar-refractivity contribution is -0.136. The van der Waals surface area contributed by atoms with Gasteiger partial charge in [-0.1, -0.05) is 12.1 Å². The molecular weight excluding hydrogens is 296 g/mol. The number of carbonyl (C=O) groups is 2. The highest BCUT2D eigenvalue weighted by atomic mass is 16.5. The van der Waals surface area contributed by atoms with E-state index in [0.29, 0.717) is 5.69 Å². The van der Waals surface area contributed by atoms with Crippen LogP contribution in [-0.4, -0.2) is 24.0 Å². The molecule has 0 heterocycles. The number of aromatic hydroxyl groups is 1. The summed E-state index contributed by atoms with van der Waals surface area (Å²) in [7, 11) is 1.58. The first-order valence-corrected chi connectivity index (χ1v) is 7.04. The molecule has 1 unspecified atom stereocenters. The van der Waals surface area contributed by atoms with Crippen LogP contribution in [0.2, 0.25) is 0 Å². The lowest BCUT2D eigenvalue weighted by Crippen LogP contribution is -2.36. The van der Waals surface area contributed by atoms with Crippen LogP contribution in [0.5, 0.6) is 11.5 Å². The van der Waals surface area contributed by atoms with Gasteiger partial charge >= 0.3 is 11.8 Å². The van der Waals surface area contributed by atoms with Crippen LogP contribution in [0.25, 0.3) is 0 Å². The number of hydrogen-bond donors (Lipinski definition) is 3. The van der Waals surface area contributed by atoms with Crippen LogP contribution < -0.4 is 15.4 Å². The van der Waals surface area contributed by atoms with Gasteiger partial charge in [-0.05, 0) is 48.9 Å². The molecule has 0 aliphatic carbocycles. The fourth-order valence-electron chi connectivity index (χ4n) is 1.97. The van der Waals surface area contributed by atoms with Gasteiger partial charge in [-0.25, -0.2) is 0 Å². The number of nitrogens with one attached hydrogen (secondary N) is 2. The van der Waals surface area contributed by atoms with Crippen molar-refractivity contribution in [1.82, 2.24) is 5.32 Å². The molecule has 3 N–H and O–H groups in total. The SMILES string of the molecule is COc1ccc(C(C)NC(=O)C(=O)Nc2ccc(O)cc2)cc1. The Labute approximate surface area is 134 Å². The zero-order valence-electron chi connectivity index (χ0n) is 12.9. The van der Waals surface area contributed by atoms with Gasteiger partial charge in [0.15, 0.2) is 0 Å². The molecule has 0 fully saturated rings. The van der Waals surface area contributed by atoms with Crippen molar-refractivity contribution < 1.29 is 19.4 Å². The fraction of sp³-hybridized carbons (Fsp3) is 0.176. The molecule has 23 heavy (non-hydrogen) atoms. The average Bonchev–Trinajstić information content (AvgIpc) is 2.56. The highest BCUT2D eigenvalue weighted by Gasteiger charge is 2.17. The van der Waals surface area contributed by atoms with E-state index in [9.17, 15) is 14.7 Å². The minimum atomic E-state index is -0.768. The van der Waals surface area contributed by atoms with Crippen molar-refractivity contribution >= 4 is 17.5 Å². The molecule has 120 valence electrons. The van der Waals surface area contributed by atoms with Crippen LogP contribution in [-0.2, 0) is 9.59 Å². The molecule has 1 atom stereocenters. The average molecular weight is 314 g/mol. The Morgan fingerprint density at radius 1 is 1.00 bits per heavy atom. The molecule has 2 aromatic rings. The van der Waals surface area contributed by atoms with E-state index in [-0.39, 0.29) is 11.8 Å². The van der Waals surface area contributed by atoms with Crippen LogP contribution in [0, 0.1) is 0 Å². The molecule has 2 rings (SSSR count). The normalized spacial score (nSPS) is 11.4. The largest absolute Gasteiger partial charge is 0.508 e. The summed E-state index contributed by atoms with van der Waals surface area (Å²) in [6.07, 6.45) is 0. The highest BCUT2D eigenvalue weighted by molar-refractivity contribution is 6.39. The maximum absolute atomic E-state index is 11.9. The van der Waals surface area contributed by atoms with Gasteiger partial charge in [0.2, 0.25) is 0 Å². The van der Waals surface area contributed by atoms with Crippen molar-refractivity contribution in [3.63, 3.8) is 0 Å². The van der Waals surface area contributed by atoms with E-state index >= 15 is 0 Å². The molecule has 0 aliphatic heterocycles. The molecule has 2 aromatic carbocycles. The van der Waals surface area contributed by atoms with Gasteiger partial charge in [-0.15, -0.1) is 0 Å². The summed E-state index contributed by atoms with van der Waals surface area (Å²) in [6, 6.07) is 12.8. The van der Waals surface area contributed by atoms with E-state index in [1.807, 2.05) is 12.1 Å². The summed E-state index contributed by atoms with van der Waals surface area (Å²) >= 11 is 0. The molecule has 6 heteroatoms. The first kappa shape index (κ1) is 16.4. The van der Waals surface area contributed by atoms with E-state index in [1.54, 1.807) is 26.2 Å². The topological polar surface area (TPSA) is 87.7 Å². The molecule has 0 saturated heterocycles. The number of amides is 2. The smallest absolute Gasteiger partial charge is 0.313 e. The third kappa shape index (κ3) is 4.47. The van der Waals surface area contributed by atoms with Crippen LogP contribution in [0.4, 0.5) is 5.69 Å². The fourth-order valence-corrected chi connectivity index (χ4v) is 1.97. The first-order chi connectivity index (χ1) is 11.0. The van der Waals surface area contributed by atoms with Gasteiger partial charge in [0.05, 0.1) is 13.2 Å². The second kappa shape index (κ2) is 7.31. The molecule has 0 saturated carbocycles. The van der Waals surface area contributed by atoms with Crippen molar-refractivity contribution in [3.8, 4) is 11.5 Å². The van der Waals surface area contributed by atoms with Crippen molar-refractivity contribution in [1.29, 1.82) is 0 Å². The predicted octanol–water partition coefficient (Wildman–Crippen LogP) is 2.22. The Balaban J connectivity index is 1.94. The number of benzene rings is 2. The standard InChI is InChI=1S/C17H18N2O4/c1-11(12-3-9-15(23-2)10-4-12)18-16(21)17(22)19-13-5-7-14(20)8-6-13/h3-11,20H,1-2H3,(H,18,21)(H,19,22). The van der Waals surface area contributed by atoms with E-state index in [4.69, 9.17) is 4.74 Å². The molecular formula is C17H18N2O4. The van der Waals surface area contributed by atoms with Gasteiger partial charge in [0.1, 0.15) is 11.5 Å². The number of hydrogen-bond acceptors (Lipinski definition) is 4. The van der Waals surface area contributed by atoms with E-state index in [0.717, 1.165) is 11.3 Å². The molecule has 6 nitrogen and oxygen atoms in total. The lowest BCUT2D eigenvalue weighted by atomic mass is 10.1. The zero-order chi connectivity index (χ0) is 16.8. The minimum absolute atomic E-state index is 0.0839. The quantitative estimate of drug-likeness (QED) is 0.596. The van der Waals surface area contributed by atoms with Crippen LogP contribution in [0.15, 0.2) is 48.5 Å². The third-order valence-corrected chi connectivity index (χ3v) is 3.29. The predicted molar refractivity (Wildman–Crippen MR) is 86.3 cm³/mol. The maximum Gasteiger partial charge on any atom is 0.313 e. The van der Waals surface area contributed by atoms with Gasteiger partial charge in [-0.3, -0.25) is 9.59 Å². The van der Waals surface area contributed by atoms with Gasteiger partial charge in [0.25, 0.3) is 0 Å². The van der Waals surface area contributed by atoms with Crippen LogP contribution in [0.1, 0.15) is 18.5 Å². The molecule has 0 aromatic heterocycles. The molecule has 0 radical (unpaired) electrons. The van der Waals surface area contributed by atoms with Crippen molar-refractivity contribution in [2.45, 2.75) is 13.0 Å². The summed E-state index contributed by atoms with van der Waals surface area (Å²) in [5.41, 5.74) is 1.29. The minimum Gasteiger partial charge on any atom is -0.508 e. The summed E-state index contributed by atoms with van der Waals surface area (Å²) in [5.74, 6) is -0.699. The van der Waals surface area contributed by atoms with Crippen molar-refractivity contribution in [2.24, 2.45) is 0 Å². The molecule has 0 spiro atoms. The number of anilines is 1. The molecule has 0 aliphatic rings. The lowest BCUT2D eigenvalue weighted by Gasteiger charge is -2.14. The van der Waals surface area contributed by atoms with E-state index in [2.05, 4.69) is 10.6 Å². The second-order valence-corrected chi connectivity index (χ2v) is 4.97. The Morgan fingerprint density at radius 3 is 2.17 bits per heavy atom. The number of phenolic OH excluding ortho intramolecular Hbond substituents is 1. The number of methoxy groups -OCH3 is 1. The number of rotatable bonds is 4. The molecule has 0 bridgehead atoms. The highest BCUT2D eigenvalue weighted by Crippen LogP contribution is 2.17. The number of phenols is 1. The van der Waals surface area contributed by atoms with E-state index in [1.165, 1.54) is 24.3 Å². The zero-order valence-corrected chi connectivity index (χ0v) is 12.9. The van der Waals surface area contributed by atoms with Crippen LogP contribution >= 0.6 is 0 Å². The first-order valence-electron chi connectivity index (χ1n) is 7.04. The van der Waals surface area contributed by atoms with Gasteiger partial charge in [-0.2, -0.15) is 0 Å². The second-order valence-electron chi connectivity index (χ2n) is 4.97. The number of carbonyl (C=O) groups excluding carboxylic acids is 2. The van der Waals surface area contributed by atoms with Crippen LogP contribution in [0.3, 0.4) is 0 Å². The molecule has 2 amide bonds. The number of ether oxygens (including phenoxy) is 1. The summed E-state index contributed by atoms with van der Waals surface area (Å²) in [5, 5.41) is 14.3. The van der Waals surface area contributed by atoms with Gasteiger partial charge in [0, 0.05) is 5.69 Å². The monoisotopic (exact) mass is 314 g/mol. The third-order valence-electron chi connectivity index (χ3n) is 3.29. The Morgan fingerprint density at radius 2 is 1.61 bits per heavy atom. The van der Waals surface area contributed by atoms with Crippen molar-refractivity contribution in [2.75, 3.05) is 12.4 Å². The van der Waals surface area contributed by atoms with E-state index < -0.39 is 11.8 Å². The Bertz CT molecular complexity index is 681. The maximum atomic E-state index is 11.9. The summed E-state index contributed by atoms with van der Waals surface area (Å²) < 4.78 is 5.07. The van der Waals surface area contributed by atoms with Crippen molar-refractivity contribution in [3.05, 3.63) is 54.1 Å². The summed E-state index contributed by atoms with van der Waals surface area (Å²) in [6.45, 7) is 1.79. The Hall–Kier alpha value is -3.02. The summed E-state index contributed by atoms with van der Waals surface area (Å²) in [4.78, 5) is 23.8. The van der Waals surface area contributed by atoms with Gasteiger partial charge < -0.3 is 20.5 Å².